The first kappa shape index (κ1) is 11.0. The molecule has 1 aromatic rings. The molecule has 2 heteroatoms. The maximum Gasteiger partial charge on any atom is 0.0501 e. The van der Waals surface area contributed by atoms with Crippen LogP contribution in [0.4, 0.5) is 5.69 Å². The van der Waals surface area contributed by atoms with Gasteiger partial charge in [0.2, 0.25) is 0 Å². The predicted octanol–water partition coefficient (Wildman–Crippen LogP) is 2.13. The molecule has 0 atom stereocenters. The van der Waals surface area contributed by atoms with Crippen LogP contribution in [-0.2, 0) is 0 Å². The molecule has 2 nitrogen and oxygen atoms in total. The van der Waals surface area contributed by atoms with Crippen molar-refractivity contribution in [3.8, 4) is 5.92 Å². The number of rotatable bonds is 2. The molecule has 2 rings (SSSR count). The fraction of sp³-hybridized carbons (Fsp3) is 0.429. The van der Waals surface area contributed by atoms with Crippen molar-refractivity contribution in [1.29, 1.82) is 0 Å². The smallest absolute Gasteiger partial charge is 0.0501 e. The van der Waals surface area contributed by atoms with Gasteiger partial charge >= 0.3 is 0 Å². The van der Waals surface area contributed by atoms with Gasteiger partial charge in [-0.2, -0.15) is 0 Å². The molecule has 0 saturated carbocycles. The van der Waals surface area contributed by atoms with E-state index in [9.17, 15) is 0 Å². The van der Waals surface area contributed by atoms with E-state index < -0.39 is 0 Å². The molecule has 1 aliphatic rings. The first-order chi connectivity index (χ1) is 7.79. The first-order valence-corrected chi connectivity index (χ1v) is 5.76. The van der Waals surface area contributed by atoms with Gasteiger partial charge in [0, 0.05) is 11.6 Å². The van der Waals surface area contributed by atoms with Gasteiger partial charge in [-0.3, -0.25) is 0 Å². The molecular weight excluding hydrogens is 196 g/mol. The number of hydrogen-bond donors (Lipinski definition) is 1. The zero-order valence-electron chi connectivity index (χ0n) is 9.66. The summed E-state index contributed by atoms with van der Waals surface area (Å²) in [6.07, 6.45) is 9.57. The Labute approximate surface area is 97.7 Å². The minimum absolute atomic E-state index is 0.533. The van der Waals surface area contributed by atoms with Crippen LogP contribution in [0.2, 0.25) is 0 Å². The Balaban J connectivity index is 2.01. The van der Waals surface area contributed by atoms with Crippen molar-refractivity contribution in [2.45, 2.75) is 18.9 Å². The van der Waals surface area contributed by atoms with E-state index in [2.05, 4.69) is 23.2 Å². The summed E-state index contributed by atoms with van der Waals surface area (Å²) in [4.78, 5) is 2.35. The van der Waals surface area contributed by atoms with E-state index in [-0.39, 0.29) is 0 Å². The van der Waals surface area contributed by atoms with Gasteiger partial charge in [0.1, 0.15) is 0 Å². The molecule has 0 amide bonds. The molecule has 1 aromatic carbocycles. The zero-order chi connectivity index (χ0) is 11.4. The van der Waals surface area contributed by atoms with Gasteiger partial charge in [0.15, 0.2) is 0 Å². The summed E-state index contributed by atoms with van der Waals surface area (Å²) in [6.45, 7) is 2.29. The van der Waals surface area contributed by atoms with E-state index in [1.807, 2.05) is 24.3 Å². The number of piperidine rings is 1. The molecule has 1 heterocycles. The van der Waals surface area contributed by atoms with Gasteiger partial charge < -0.3 is 10.2 Å². The number of nitrogens with one attached hydrogen (secondary N) is 1. The van der Waals surface area contributed by atoms with Crippen LogP contribution in [0.1, 0.15) is 18.4 Å². The zero-order valence-corrected chi connectivity index (χ0v) is 9.66. The molecule has 0 aliphatic carbocycles. The highest BCUT2D eigenvalue weighted by Crippen LogP contribution is 2.19. The largest absolute Gasteiger partial charge is 0.381 e. The maximum absolute atomic E-state index is 7.24. The predicted molar refractivity (Wildman–Crippen MR) is 66.8 cm³/mol. The summed E-state index contributed by atoms with van der Waals surface area (Å²) >= 11 is 0. The highest BCUT2D eigenvalue weighted by molar-refractivity contribution is 5.58. The third-order valence-corrected chi connectivity index (χ3v) is 3.14. The Bertz CT molecular complexity index is 384. The summed E-state index contributed by atoms with van der Waals surface area (Å²) < 4.78 is 0. The van der Waals surface area contributed by atoms with Crippen molar-refractivity contribution in [3.63, 3.8) is 0 Å². The fourth-order valence-electron chi connectivity index (χ4n) is 2.09. The minimum Gasteiger partial charge on any atom is -0.381 e. The van der Waals surface area contributed by atoms with Gasteiger partial charge in [-0.05, 0) is 51.5 Å². The number of anilines is 1. The Morgan fingerprint density at radius 3 is 2.69 bits per heavy atom. The lowest BCUT2D eigenvalue weighted by molar-refractivity contribution is 0.264. The highest BCUT2D eigenvalue weighted by Gasteiger charge is 2.16. The SMILES string of the molecule is [C]#Cc1ccccc1NC1CCN(C)CC1. The Kier molecular flexibility index (Phi) is 3.48. The van der Waals surface area contributed by atoms with E-state index >= 15 is 0 Å². The lowest BCUT2D eigenvalue weighted by Gasteiger charge is -2.30. The molecule has 0 spiro atoms. The Morgan fingerprint density at radius 1 is 1.31 bits per heavy atom. The van der Waals surface area contributed by atoms with Crippen LogP contribution in [0.25, 0.3) is 0 Å². The summed E-state index contributed by atoms with van der Waals surface area (Å²) in [5.41, 5.74) is 1.88. The van der Waals surface area contributed by atoms with Crippen LogP contribution in [0.3, 0.4) is 0 Å². The van der Waals surface area contributed by atoms with Crippen molar-refractivity contribution in [2.75, 3.05) is 25.5 Å². The monoisotopic (exact) mass is 213 g/mol. The quantitative estimate of drug-likeness (QED) is 0.757. The molecule has 0 aromatic heterocycles. The van der Waals surface area contributed by atoms with Gasteiger partial charge in [-0.1, -0.05) is 18.1 Å². The second kappa shape index (κ2) is 5.05. The van der Waals surface area contributed by atoms with Gasteiger partial charge in [0.25, 0.3) is 0 Å². The topological polar surface area (TPSA) is 15.3 Å². The van der Waals surface area contributed by atoms with E-state index in [1.165, 1.54) is 12.8 Å². The summed E-state index contributed by atoms with van der Waals surface area (Å²) in [6, 6.07) is 8.42. The highest BCUT2D eigenvalue weighted by atomic mass is 15.1. The van der Waals surface area contributed by atoms with Crippen LogP contribution in [0.5, 0.6) is 0 Å². The van der Waals surface area contributed by atoms with E-state index in [0.717, 1.165) is 24.3 Å². The van der Waals surface area contributed by atoms with Crippen molar-refractivity contribution >= 4 is 5.69 Å². The lowest BCUT2D eigenvalue weighted by atomic mass is 10.0. The molecule has 1 aliphatic heterocycles. The normalized spacial score (nSPS) is 18.0. The number of hydrogen-bond acceptors (Lipinski definition) is 2. The van der Waals surface area contributed by atoms with Crippen LogP contribution in [-0.4, -0.2) is 31.1 Å². The Hall–Kier alpha value is -1.46. The summed E-state index contributed by atoms with van der Waals surface area (Å²) in [5.74, 6) is 2.47. The molecule has 0 unspecified atom stereocenters. The summed E-state index contributed by atoms with van der Waals surface area (Å²) in [7, 11) is 2.16. The first-order valence-electron chi connectivity index (χ1n) is 5.76. The van der Waals surface area contributed by atoms with Crippen molar-refractivity contribution in [3.05, 3.63) is 36.3 Å². The van der Waals surface area contributed by atoms with E-state index in [4.69, 9.17) is 6.42 Å². The number of likely N-dealkylation sites (tertiary alicyclic amines) is 1. The number of para-hydroxylation sites is 1. The maximum atomic E-state index is 7.24. The molecule has 83 valence electrons. The third-order valence-electron chi connectivity index (χ3n) is 3.14. The third kappa shape index (κ3) is 2.56. The lowest BCUT2D eigenvalue weighted by Crippen LogP contribution is -2.36. The van der Waals surface area contributed by atoms with Crippen LogP contribution < -0.4 is 5.32 Å². The standard InChI is InChI=1S/C14H17N2/c1-3-12-6-4-5-7-14(12)15-13-8-10-16(2)11-9-13/h4-7,13,15H,8-11H2,2H3. The van der Waals surface area contributed by atoms with Gasteiger partial charge in [-0.25, -0.2) is 0 Å². The number of benzene rings is 1. The molecule has 1 saturated heterocycles. The van der Waals surface area contributed by atoms with Crippen LogP contribution in [0, 0.1) is 12.3 Å². The van der Waals surface area contributed by atoms with Gasteiger partial charge in [0.05, 0.1) is 5.69 Å². The molecule has 1 N–H and O–H groups in total. The second-order valence-electron chi connectivity index (χ2n) is 4.39. The molecule has 16 heavy (non-hydrogen) atoms. The van der Waals surface area contributed by atoms with Crippen molar-refractivity contribution in [2.24, 2.45) is 0 Å². The Morgan fingerprint density at radius 2 is 2.00 bits per heavy atom. The van der Waals surface area contributed by atoms with Gasteiger partial charge in [-0.15, -0.1) is 0 Å². The van der Waals surface area contributed by atoms with Crippen molar-refractivity contribution < 1.29 is 0 Å². The minimum atomic E-state index is 0.533. The average Bonchev–Trinajstić information content (AvgIpc) is 2.33. The number of nitrogens with zero attached hydrogens (tertiary/aromatic N) is 1. The second-order valence-corrected chi connectivity index (χ2v) is 4.39. The van der Waals surface area contributed by atoms with Crippen molar-refractivity contribution in [1.82, 2.24) is 4.90 Å². The summed E-state index contributed by atoms with van der Waals surface area (Å²) in [5, 5.41) is 3.51. The average molecular weight is 213 g/mol. The van der Waals surface area contributed by atoms with E-state index in [0.29, 0.717) is 6.04 Å². The van der Waals surface area contributed by atoms with Crippen LogP contribution >= 0.6 is 0 Å². The van der Waals surface area contributed by atoms with E-state index in [1.54, 1.807) is 0 Å². The molecule has 0 bridgehead atoms. The molecule has 1 radical (unpaired) electrons. The molecule has 1 fully saturated rings. The van der Waals surface area contributed by atoms with Crippen LogP contribution in [0.15, 0.2) is 24.3 Å². The fourth-order valence-corrected chi connectivity index (χ4v) is 2.09. The molecular formula is C14H17N2.